The van der Waals surface area contributed by atoms with Crippen molar-refractivity contribution in [3.63, 3.8) is 0 Å². The third kappa shape index (κ3) is 5.35. The predicted octanol–water partition coefficient (Wildman–Crippen LogP) is 2.62. The lowest BCUT2D eigenvalue weighted by Crippen LogP contribution is -2.37. The molecule has 3 rings (SSSR count). The molecule has 2 aromatic rings. The normalized spacial score (nSPS) is 14.7. The van der Waals surface area contributed by atoms with Crippen LogP contribution in [0.25, 0.3) is 0 Å². The third-order valence-corrected chi connectivity index (χ3v) is 4.25. The van der Waals surface area contributed by atoms with Gasteiger partial charge in [-0.15, -0.1) is 0 Å². The van der Waals surface area contributed by atoms with Crippen LogP contribution in [-0.4, -0.2) is 59.2 Å². The number of nitrogens with zero attached hydrogens (tertiary/aromatic N) is 4. The number of nitrogens with one attached hydrogen (secondary N) is 1. The molecular weight excluding hydrogens is 350 g/mol. The first-order chi connectivity index (χ1) is 13.1. The molecule has 1 N–H and O–H groups in total. The van der Waals surface area contributed by atoms with E-state index in [1.54, 1.807) is 12.1 Å². The summed E-state index contributed by atoms with van der Waals surface area (Å²) in [7, 11) is 0. The van der Waals surface area contributed by atoms with Gasteiger partial charge in [0.1, 0.15) is 12.1 Å². The first-order valence-electron chi connectivity index (χ1n) is 8.91. The first kappa shape index (κ1) is 19.0. The van der Waals surface area contributed by atoms with E-state index in [1.807, 2.05) is 19.1 Å². The molecule has 27 heavy (non-hydrogen) atoms. The number of nitro groups is 1. The van der Waals surface area contributed by atoms with Crippen molar-refractivity contribution in [2.45, 2.75) is 13.3 Å². The molecule has 1 aromatic carbocycles. The summed E-state index contributed by atoms with van der Waals surface area (Å²) in [5.41, 5.74) is 0.812. The molecular formula is C18H23N5O4. The van der Waals surface area contributed by atoms with E-state index in [2.05, 4.69) is 20.2 Å². The van der Waals surface area contributed by atoms with E-state index in [0.717, 1.165) is 44.8 Å². The molecule has 0 aliphatic carbocycles. The fraction of sp³-hybridized carbons (Fsp3) is 0.444. The Balaban J connectivity index is 1.63. The summed E-state index contributed by atoms with van der Waals surface area (Å²) in [5, 5.41) is 14.6. The van der Waals surface area contributed by atoms with Crippen molar-refractivity contribution in [1.82, 2.24) is 14.9 Å². The third-order valence-electron chi connectivity index (χ3n) is 4.25. The highest BCUT2D eigenvalue weighted by atomic mass is 16.6. The van der Waals surface area contributed by atoms with Crippen LogP contribution in [-0.2, 0) is 4.74 Å². The molecule has 0 amide bonds. The Labute approximate surface area is 157 Å². The largest absolute Gasteiger partial charge is 0.434 e. The Bertz CT molecular complexity index is 763. The van der Waals surface area contributed by atoms with Crippen molar-refractivity contribution in [3.05, 3.63) is 46.3 Å². The van der Waals surface area contributed by atoms with Gasteiger partial charge in [-0.1, -0.05) is 17.7 Å². The Morgan fingerprint density at radius 2 is 2.00 bits per heavy atom. The van der Waals surface area contributed by atoms with Gasteiger partial charge in [-0.3, -0.25) is 15.0 Å². The van der Waals surface area contributed by atoms with Crippen LogP contribution in [0, 0.1) is 17.0 Å². The molecule has 0 atom stereocenters. The number of aromatic nitrogens is 2. The minimum atomic E-state index is -0.520. The van der Waals surface area contributed by atoms with Crippen molar-refractivity contribution < 1.29 is 14.4 Å². The molecule has 0 saturated carbocycles. The Kier molecular flexibility index (Phi) is 6.50. The molecule has 0 spiro atoms. The molecule has 9 heteroatoms. The van der Waals surface area contributed by atoms with Crippen LogP contribution in [0.4, 0.5) is 11.5 Å². The molecule has 2 heterocycles. The molecule has 0 bridgehead atoms. The SMILES string of the molecule is Cc1ccc(Oc2ncnc(NCCCN3CCOCC3)c2[N+](=O)[O-])cc1. The molecule has 1 aromatic heterocycles. The summed E-state index contributed by atoms with van der Waals surface area (Å²) in [6.45, 7) is 6.77. The van der Waals surface area contributed by atoms with E-state index in [4.69, 9.17) is 9.47 Å². The summed E-state index contributed by atoms with van der Waals surface area (Å²) in [6.07, 6.45) is 2.11. The highest BCUT2D eigenvalue weighted by Crippen LogP contribution is 2.33. The second-order valence-corrected chi connectivity index (χ2v) is 6.28. The topological polar surface area (TPSA) is 103 Å². The molecule has 0 unspecified atom stereocenters. The minimum Gasteiger partial charge on any atom is -0.434 e. The lowest BCUT2D eigenvalue weighted by Gasteiger charge is -2.26. The summed E-state index contributed by atoms with van der Waals surface area (Å²) in [4.78, 5) is 21.3. The molecule has 144 valence electrons. The highest BCUT2D eigenvalue weighted by Gasteiger charge is 2.25. The van der Waals surface area contributed by atoms with Crippen molar-refractivity contribution in [1.29, 1.82) is 0 Å². The van der Waals surface area contributed by atoms with Crippen LogP contribution in [0.1, 0.15) is 12.0 Å². The summed E-state index contributed by atoms with van der Waals surface area (Å²) in [6, 6.07) is 7.23. The van der Waals surface area contributed by atoms with Crippen LogP contribution in [0.15, 0.2) is 30.6 Å². The second-order valence-electron chi connectivity index (χ2n) is 6.28. The van der Waals surface area contributed by atoms with E-state index < -0.39 is 4.92 Å². The summed E-state index contributed by atoms with van der Waals surface area (Å²) >= 11 is 0. The van der Waals surface area contributed by atoms with Gasteiger partial charge in [0.25, 0.3) is 0 Å². The van der Waals surface area contributed by atoms with Gasteiger partial charge in [-0.2, -0.15) is 4.98 Å². The van der Waals surface area contributed by atoms with Gasteiger partial charge in [0.15, 0.2) is 0 Å². The number of aryl methyl sites for hydroxylation is 1. The van der Waals surface area contributed by atoms with Crippen molar-refractivity contribution in [2.75, 3.05) is 44.7 Å². The van der Waals surface area contributed by atoms with Crippen molar-refractivity contribution in [2.24, 2.45) is 0 Å². The number of morpholine rings is 1. The zero-order chi connectivity index (χ0) is 19.1. The molecule has 1 saturated heterocycles. The van der Waals surface area contributed by atoms with Crippen molar-refractivity contribution in [3.8, 4) is 11.6 Å². The van der Waals surface area contributed by atoms with Crippen LogP contribution in [0.3, 0.4) is 0 Å². The van der Waals surface area contributed by atoms with Gasteiger partial charge in [0, 0.05) is 19.6 Å². The average Bonchev–Trinajstić information content (AvgIpc) is 2.68. The second kappa shape index (κ2) is 9.24. The lowest BCUT2D eigenvalue weighted by atomic mass is 10.2. The smallest absolute Gasteiger partial charge is 0.373 e. The van der Waals surface area contributed by atoms with Crippen LogP contribution >= 0.6 is 0 Å². The summed E-state index contributed by atoms with van der Waals surface area (Å²) < 4.78 is 10.9. The Morgan fingerprint density at radius 3 is 2.70 bits per heavy atom. The van der Waals surface area contributed by atoms with Gasteiger partial charge in [0.05, 0.1) is 18.1 Å². The molecule has 0 radical (unpaired) electrons. The number of benzene rings is 1. The first-order valence-corrected chi connectivity index (χ1v) is 8.91. The monoisotopic (exact) mass is 373 g/mol. The Hall–Kier alpha value is -2.78. The average molecular weight is 373 g/mol. The lowest BCUT2D eigenvalue weighted by molar-refractivity contribution is -0.385. The number of hydrogen-bond acceptors (Lipinski definition) is 8. The van der Waals surface area contributed by atoms with E-state index in [9.17, 15) is 10.1 Å². The zero-order valence-electron chi connectivity index (χ0n) is 15.3. The quantitative estimate of drug-likeness (QED) is 0.428. The molecule has 1 aliphatic rings. The fourth-order valence-electron chi connectivity index (χ4n) is 2.78. The van der Waals surface area contributed by atoms with Gasteiger partial charge >= 0.3 is 11.6 Å². The van der Waals surface area contributed by atoms with Crippen molar-refractivity contribution >= 4 is 11.5 Å². The Morgan fingerprint density at radius 1 is 1.26 bits per heavy atom. The van der Waals surface area contributed by atoms with Gasteiger partial charge < -0.3 is 14.8 Å². The molecule has 1 fully saturated rings. The predicted molar refractivity (Wildman–Crippen MR) is 100 cm³/mol. The van der Waals surface area contributed by atoms with Crippen LogP contribution in [0.2, 0.25) is 0 Å². The number of anilines is 1. The van der Waals surface area contributed by atoms with Gasteiger partial charge in [-0.05, 0) is 32.0 Å². The maximum atomic E-state index is 11.6. The van der Waals surface area contributed by atoms with E-state index >= 15 is 0 Å². The molecule has 9 nitrogen and oxygen atoms in total. The molecule has 1 aliphatic heterocycles. The van der Waals surface area contributed by atoms with E-state index in [-0.39, 0.29) is 17.4 Å². The number of ether oxygens (including phenoxy) is 2. The number of hydrogen-bond donors (Lipinski definition) is 1. The minimum absolute atomic E-state index is 0.0745. The van der Waals surface area contributed by atoms with Gasteiger partial charge in [0.2, 0.25) is 5.82 Å². The van der Waals surface area contributed by atoms with Crippen LogP contribution in [0.5, 0.6) is 11.6 Å². The maximum absolute atomic E-state index is 11.6. The van der Waals surface area contributed by atoms with E-state index in [1.165, 1.54) is 6.33 Å². The zero-order valence-corrected chi connectivity index (χ0v) is 15.3. The van der Waals surface area contributed by atoms with Crippen LogP contribution < -0.4 is 10.1 Å². The van der Waals surface area contributed by atoms with E-state index in [0.29, 0.717) is 12.3 Å². The fourth-order valence-corrected chi connectivity index (χ4v) is 2.78. The summed E-state index contributed by atoms with van der Waals surface area (Å²) in [5.74, 6) is 0.578. The van der Waals surface area contributed by atoms with Gasteiger partial charge in [-0.25, -0.2) is 4.98 Å². The maximum Gasteiger partial charge on any atom is 0.373 e. The number of rotatable bonds is 8. The standard InChI is InChI=1S/C18H23N5O4/c1-14-3-5-15(6-4-14)27-18-16(23(24)25)17(20-13-21-18)19-7-2-8-22-9-11-26-12-10-22/h3-6,13H,2,7-12H2,1H3,(H,19,20,21). The highest BCUT2D eigenvalue weighted by molar-refractivity contribution is 5.61.